The lowest BCUT2D eigenvalue weighted by atomic mass is 10.2. The zero-order valence-electron chi connectivity index (χ0n) is 7.77. The van der Waals surface area contributed by atoms with Crippen molar-refractivity contribution in [3.05, 3.63) is 28.7 Å². The van der Waals surface area contributed by atoms with Crippen LogP contribution in [0.4, 0.5) is 0 Å². The molecular weight excluding hydrogens is 264 g/mol. The van der Waals surface area contributed by atoms with E-state index in [1.807, 2.05) is 0 Å². The van der Waals surface area contributed by atoms with Crippen molar-refractivity contribution >= 4 is 21.9 Å². The van der Waals surface area contributed by atoms with Crippen molar-refractivity contribution in [2.75, 3.05) is 0 Å². The Balaban J connectivity index is 2.62. The van der Waals surface area contributed by atoms with Crippen molar-refractivity contribution in [3.63, 3.8) is 0 Å². The zero-order valence-corrected chi connectivity index (χ0v) is 9.35. The van der Waals surface area contributed by atoms with E-state index in [1.165, 1.54) is 10.9 Å². The van der Waals surface area contributed by atoms with Gasteiger partial charge >= 0.3 is 5.97 Å². The molecule has 1 N–H and O–H groups in total. The minimum absolute atomic E-state index is 0.0202. The van der Waals surface area contributed by atoms with Crippen molar-refractivity contribution in [1.29, 1.82) is 0 Å². The minimum Gasteiger partial charge on any atom is -0.476 e. The number of hydrogen-bond donors (Lipinski definition) is 1. The first-order chi connectivity index (χ1) is 7.09. The topological polar surface area (TPSA) is 68.3 Å². The second-order valence-electron chi connectivity index (χ2n) is 2.97. The molecule has 2 rings (SSSR count). The number of aromatic nitrogens is 2. The number of rotatable bonds is 2. The summed E-state index contributed by atoms with van der Waals surface area (Å²) in [7, 11) is 1.66. The summed E-state index contributed by atoms with van der Waals surface area (Å²) >= 11 is 3.27. The van der Waals surface area contributed by atoms with Gasteiger partial charge in [0.2, 0.25) is 0 Å². The van der Waals surface area contributed by atoms with Crippen molar-refractivity contribution < 1.29 is 14.3 Å². The largest absolute Gasteiger partial charge is 0.476 e. The highest BCUT2D eigenvalue weighted by Crippen LogP contribution is 2.31. The molecule has 2 heterocycles. The monoisotopic (exact) mass is 270 g/mol. The maximum Gasteiger partial charge on any atom is 0.357 e. The van der Waals surface area contributed by atoms with Crippen LogP contribution in [0.3, 0.4) is 0 Å². The average molecular weight is 271 g/mol. The van der Waals surface area contributed by atoms with Gasteiger partial charge in [-0.3, -0.25) is 4.68 Å². The van der Waals surface area contributed by atoms with E-state index in [2.05, 4.69) is 21.0 Å². The van der Waals surface area contributed by atoms with E-state index in [0.717, 1.165) is 0 Å². The highest BCUT2D eigenvalue weighted by atomic mass is 79.9. The van der Waals surface area contributed by atoms with Crippen LogP contribution in [0.25, 0.3) is 11.3 Å². The predicted molar refractivity (Wildman–Crippen MR) is 55.6 cm³/mol. The first-order valence-electron chi connectivity index (χ1n) is 4.10. The highest BCUT2D eigenvalue weighted by molar-refractivity contribution is 9.10. The van der Waals surface area contributed by atoms with E-state index < -0.39 is 5.97 Å². The molecular formula is C9H7BrN2O3. The lowest BCUT2D eigenvalue weighted by Crippen LogP contribution is -2.00. The van der Waals surface area contributed by atoms with Gasteiger partial charge in [0.1, 0.15) is 0 Å². The minimum atomic E-state index is -1.08. The summed E-state index contributed by atoms with van der Waals surface area (Å²) in [5.74, 6) is -0.602. The van der Waals surface area contributed by atoms with E-state index in [1.54, 1.807) is 19.3 Å². The Bertz CT molecular complexity index is 515. The molecule has 0 aliphatic heterocycles. The maximum absolute atomic E-state index is 10.9. The number of nitrogens with zero attached hydrogens (tertiary/aromatic N) is 2. The third kappa shape index (κ3) is 1.68. The van der Waals surface area contributed by atoms with Crippen LogP contribution in [-0.4, -0.2) is 20.9 Å². The summed E-state index contributed by atoms with van der Waals surface area (Å²) < 4.78 is 7.34. The quantitative estimate of drug-likeness (QED) is 0.908. The number of carboxylic acids is 1. The van der Waals surface area contributed by atoms with Crippen LogP contribution in [-0.2, 0) is 7.05 Å². The molecule has 0 bridgehead atoms. The van der Waals surface area contributed by atoms with Gasteiger partial charge in [-0.25, -0.2) is 4.79 Å². The third-order valence-corrected chi connectivity index (χ3v) is 2.52. The van der Waals surface area contributed by atoms with Crippen molar-refractivity contribution in [2.24, 2.45) is 7.05 Å². The fourth-order valence-electron chi connectivity index (χ4n) is 1.30. The molecule has 0 spiro atoms. The predicted octanol–water partition coefficient (Wildman–Crippen LogP) is 2.14. The lowest BCUT2D eigenvalue weighted by Gasteiger charge is -1.94. The Morgan fingerprint density at radius 1 is 1.67 bits per heavy atom. The summed E-state index contributed by atoms with van der Waals surface area (Å²) in [4.78, 5) is 10.9. The molecule has 15 heavy (non-hydrogen) atoms. The second-order valence-corrected chi connectivity index (χ2v) is 3.82. The summed E-state index contributed by atoms with van der Waals surface area (Å²) in [5.41, 5.74) is 0.440. The fourth-order valence-corrected chi connectivity index (χ4v) is 1.71. The Morgan fingerprint density at radius 2 is 2.40 bits per heavy atom. The van der Waals surface area contributed by atoms with Crippen LogP contribution in [0, 0.1) is 0 Å². The van der Waals surface area contributed by atoms with Gasteiger partial charge in [0.05, 0.1) is 16.3 Å². The number of aromatic carboxylic acids is 1. The van der Waals surface area contributed by atoms with Crippen molar-refractivity contribution in [3.8, 4) is 11.3 Å². The first kappa shape index (κ1) is 9.97. The molecule has 2 aromatic heterocycles. The van der Waals surface area contributed by atoms with E-state index in [9.17, 15) is 4.79 Å². The SMILES string of the molecule is Cn1cc(-c2occc2Br)c(C(=O)O)n1. The molecule has 0 saturated heterocycles. The highest BCUT2D eigenvalue weighted by Gasteiger charge is 2.20. The summed E-state index contributed by atoms with van der Waals surface area (Å²) in [6.07, 6.45) is 3.09. The van der Waals surface area contributed by atoms with Crippen LogP contribution < -0.4 is 0 Å². The Kier molecular flexibility index (Phi) is 2.36. The second kappa shape index (κ2) is 3.54. The number of hydrogen-bond acceptors (Lipinski definition) is 3. The molecule has 0 unspecified atom stereocenters. The van der Waals surface area contributed by atoms with Crippen LogP contribution in [0.2, 0.25) is 0 Å². The Labute approximate surface area is 93.4 Å². The zero-order chi connectivity index (χ0) is 11.0. The van der Waals surface area contributed by atoms with Crippen LogP contribution in [0.5, 0.6) is 0 Å². The van der Waals surface area contributed by atoms with Crippen molar-refractivity contribution in [1.82, 2.24) is 9.78 Å². The molecule has 0 aromatic carbocycles. The normalized spacial score (nSPS) is 10.5. The molecule has 6 heteroatoms. The van der Waals surface area contributed by atoms with Gasteiger partial charge in [-0.2, -0.15) is 5.10 Å². The van der Waals surface area contributed by atoms with Gasteiger partial charge in [-0.1, -0.05) is 0 Å². The summed E-state index contributed by atoms with van der Waals surface area (Å²) in [5, 5.41) is 12.8. The molecule has 0 radical (unpaired) electrons. The van der Waals surface area contributed by atoms with Crippen LogP contribution in [0.15, 0.2) is 27.4 Å². The Hall–Kier alpha value is -1.56. The first-order valence-corrected chi connectivity index (χ1v) is 4.89. The van der Waals surface area contributed by atoms with E-state index in [-0.39, 0.29) is 5.69 Å². The summed E-state index contributed by atoms with van der Waals surface area (Å²) in [6, 6.07) is 1.70. The number of halogens is 1. The van der Waals surface area contributed by atoms with Crippen LogP contribution >= 0.6 is 15.9 Å². The molecule has 0 amide bonds. The molecule has 0 aliphatic rings. The fraction of sp³-hybridized carbons (Fsp3) is 0.111. The standard InChI is InChI=1S/C9H7BrN2O3/c1-12-4-5(7(11-12)9(13)14)8-6(10)2-3-15-8/h2-4H,1H3,(H,13,14). The molecule has 78 valence electrons. The molecule has 5 nitrogen and oxygen atoms in total. The Morgan fingerprint density at radius 3 is 2.93 bits per heavy atom. The molecule has 0 fully saturated rings. The van der Waals surface area contributed by atoms with E-state index in [4.69, 9.17) is 9.52 Å². The van der Waals surface area contributed by atoms with Crippen LogP contribution in [0.1, 0.15) is 10.5 Å². The van der Waals surface area contributed by atoms with Gasteiger partial charge < -0.3 is 9.52 Å². The van der Waals surface area contributed by atoms with Gasteiger partial charge in [-0.05, 0) is 22.0 Å². The summed E-state index contributed by atoms with van der Waals surface area (Å²) in [6.45, 7) is 0. The lowest BCUT2D eigenvalue weighted by molar-refractivity contribution is 0.0690. The van der Waals surface area contributed by atoms with Gasteiger partial charge in [0, 0.05) is 13.2 Å². The molecule has 2 aromatic rings. The maximum atomic E-state index is 10.9. The van der Waals surface area contributed by atoms with E-state index >= 15 is 0 Å². The number of carboxylic acid groups (broad SMARTS) is 1. The van der Waals surface area contributed by atoms with Gasteiger partial charge in [-0.15, -0.1) is 0 Å². The smallest absolute Gasteiger partial charge is 0.357 e. The van der Waals surface area contributed by atoms with Gasteiger partial charge in [0.25, 0.3) is 0 Å². The number of furan rings is 1. The molecule has 0 atom stereocenters. The number of aryl methyl sites for hydroxylation is 1. The van der Waals surface area contributed by atoms with Crippen molar-refractivity contribution in [2.45, 2.75) is 0 Å². The third-order valence-electron chi connectivity index (χ3n) is 1.89. The van der Waals surface area contributed by atoms with E-state index in [0.29, 0.717) is 15.8 Å². The van der Waals surface area contributed by atoms with Gasteiger partial charge in [0.15, 0.2) is 11.5 Å². The molecule has 0 saturated carbocycles. The average Bonchev–Trinajstić information content (AvgIpc) is 2.71. The number of carbonyl (C=O) groups is 1. The molecule has 0 aliphatic carbocycles.